The molecular formula is C24H33N5O3S. The van der Waals surface area contributed by atoms with Gasteiger partial charge in [0.25, 0.3) is 11.8 Å². The lowest BCUT2D eigenvalue weighted by molar-refractivity contribution is 0.0741. The number of hydrogen-bond donors (Lipinski definition) is 2. The number of β-amino-alcohol motifs (C(OH)–C–C–N with tert-alkyl or cyclic N) is 1. The first-order valence-electron chi connectivity index (χ1n) is 11.6. The van der Waals surface area contributed by atoms with Crippen LogP contribution in [0.2, 0.25) is 0 Å². The minimum atomic E-state index is -0.505. The van der Waals surface area contributed by atoms with E-state index in [2.05, 4.69) is 36.1 Å². The van der Waals surface area contributed by atoms with Gasteiger partial charge in [0.1, 0.15) is 11.5 Å². The average molecular weight is 472 g/mol. The number of hydrogen-bond acceptors (Lipinski definition) is 7. The second-order valence-corrected chi connectivity index (χ2v) is 11.1. The van der Waals surface area contributed by atoms with Crippen molar-refractivity contribution in [2.45, 2.75) is 71.6 Å². The van der Waals surface area contributed by atoms with Crippen molar-refractivity contribution >= 4 is 29.0 Å². The Balaban J connectivity index is 1.73. The van der Waals surface area contributed by atoms with Gasteiger partial charge in [-0.3, -0.25) is 9.59 Å². The van der Waals surface area contributed by atoms with Crippen molar-refractivity contribution in [3.05, 3.63) is 28.5 Å². The zero-order chi connectivity index (χ0) is 23.9. The summed E-state index contributed by atoms with van der Waals surface area (Å²) in [4.78, 5) is 39.9. The second-order valence-electron chi connectivity index (χ2n) is 10.1. The van der Waals surface area contributed by atoms with Gasteiger partial charge in [-0.05, 0) is 65.5 Å². The Morgan fingerprint density at radius 2 is 1.97 bits per heavy atom. The third-order valence-corrected chi connectivity index (χ3v) is 7.21. The lowest BCUT2D eigenvalue weighted by Gasteiger charge is -2.22. The number of likely N-dealkylation sites (tertiary alicyclic amines) is 2. The molecular weight excluding hydrogens is 438 g/mol. The predicted octanol–water partition coefficient (Wildman–Crippen LogP) is 3.56. The molecule has 0 saturated carbocycles. The fourth-order valence-electron chi connectivity index (χ4n) is 4.42. The Morgan fingerprint density at radius 1 is 1.21 bits per heavy atom. The number of carbonyl (C=O) groups is 2. The lowest BCUT2D eigenvalue weighted by Crippen LogP contribution is -2.34. The number of thiazole rings is 1. The van der Waals surface area contributed by atoms with Gasteiger partial charge in [-0.15, -0.1) is 11.3 Å². The van der Waals surface area contributed by atoms with Crippen LogP contribution in [-0.4, -0.2) is 74.0 Å². The normalized spacial score (nSPS) is 21.0. The molecule has 2 aliphatic heterocycles. The summed E-state index contributed by atoms with van der Waals surface area (Å²) in [5.74, 6) is 0.391. The third-order valence-electron chi connectivity index (χ3n) is 6.14. The minimum Gasteiger partial charge on any atom is -0.391 e. The van der Waals surface area contributed by atoms with E-state index in [1.807, 2.05) is 24.8 Å². The molecule has 2 aromatic rings. The van der Waals surface area contributed by atoms with E-state index in [0.29, 0.717) is 36.6 Å². The maximum atomic E-state index is 13.5. The Morgan fingerprint density at radius 3 is 2.55 bits per heavy atom. The number of aliphatic hydroxyl groups is 1. The van der Waals surface area contributed by atoms with Crippen LogP contribution in [0.5, 0.6) is 0 Å². The van der Waals surface area contributed by atoms with Gasteiger partial charge in [0.2, 0.25) is 0 Å². The minimum absolute atomic E-state index is 0.127. The number of aryl methyl sites for hydroxylation is 1. The van der Waals surface area contributed by atoms with Crippen LogP contribution in [0.15, 0.2) is 12.3 Å². The van der Waals surface area contributed by atoms with E-state index in [-0.39, 0.29) is 28.4 Å². The number of nitrogens with one attached hydrogen (secondary N) is 1. The van der Waals surface area contributed by atoms with Crippen LogP contribution in [-0.2, 0) is 0 Å². The van der Waals surface area contributed by atoms with Gasteiger partial charge in [0, 0.05) is 43.0 Å². The summed E-state index contributed by atoms with van der Waals surface area (Å²) in [6.07, 6.45) is 3.75. The molecule has 0 radical (unpaired) electrons. The van der Waals surface area contributed by atoms with Crippen molar-refractivity contribution in [2.75, 3.05) is 25.0 Å². The van der Waals surface area contributed by atoms with E-state index in [4.69, 9.17) is 0 Å². The zero-order valence-electron chi connectivity index (χ0n) is 20.0. The summed E-state index contributed by atoms with van der Waals surface area (Å²) >= 11 is 1.24. The lowest BCUT2D eigenvalue weighted by atomic mass is 10.1. The number of anilines is 1. The molecule has 0 aromatic carbocycles. The molecule has 4 rings (SSSR count). The highest BCUT2D eigenvalue weighted by molar-refractivity contribution is 7.17. The van der Waals surface area contributed by atoms with Crippen molar-refractivity contribution in [2.24, 2.45) is 0 Å². The van der Waals surface area contributed by atoms with Gasteiger partial charge in [-0.25, -0.2) is 9.97 Å². The summed E-state index contributed by atoms with van der Waals surface area (Å²) < 4.78 is 0. The first kappa shape index (κ1) is 23.6. The number of aliphatic hydroxyl groups excluding tert-OH is 1. The quantitative estimate of drug-likeness (QED) is 0.708. The van der Waals surface area contributed by atoms with E-state index in [9.17, 15) is 14.7 Å². The first-order chi connectivity index (χ1) is 15.5. The average Bonchev–Trinajstić information content (AvgIpc) is 3.45. The highest BCUT2D eigenvalue weighted by Gasteiger charge is 2.34. The molecule has 0 bridgehead atoms. The van der Waals surface area contributed by atoms with Crippen LogP contribution in [0, 0.1) is 6.92 Å². The van der Waals surface area contributed by atoms with Crippen LogP contribution in [0.25, 0.3) is 10.4 Å². The van der Waals surface area contributed by atoms with Crippen LogP contribution < -0.4 is 5.32 Å². The molecule has 2 aliphatic rings. The number of pyridine rings is 1. The Hall–Kier alpha value is -2.52. The largest absolute Gasteiger partial charge is 0.391 e. The van der Waals surface area contributed by atoms with Crippen molar-refractivity contribution in [3.8, 4) is 10.4 Å². The molecule has 9 heteroatoms. The summed E-state index contributed by atoms with van der Waals surface area (Å²) in [7, 11) is 0. The van der Waals surface area contributed by atoms with E-state index in [0.717, 1.165) is 29.8 Å². The standard InChI is InChI=1S/C24H33N5O3S/c1-14-11-18(27-24(3,4)5)25-12-17(14)20-19(22(31)29-9-6-7-15(29)2)26-21(33-20)23(32)28-10-8-16(30)13-28/h11-12,15-16,30H,6-10,13H2,1-5H3,(H,25,27)/t15-,16-/m0/s1. The summed E-state index contributed by atoms with van der Waals surface area (Å²) in [6.45, 7) is 11.7. The monoisotopic (exact) mass is 471 g/mol. The predicted molar refractivity (Wildman–Crippen MR) is 130 cm³/mol. The molecule has 178 valence electrons. The Labute approximate surface area is 199 Å². The molecule has 8 nitrogen and oxygen atoms in total. The van der Waals surface area contributed by atoms with Crippen LogP contribution in [0.3, 0.4) is 0 Å². The fraction of sp³-hybridized carbons (Fsp3) is 0.583. The van der Waals surface area contributed by atoms with Gasteiger partial charge in [0.15, 0.2) is 5.01 Å². The number of amides is 2. The molecule has 0 aliphatic carbocycles. The van der Waals surface area contributed by atoms with Crippen molar-refractivity contribution < 1.29 is 14.7 Å². The van der Waals surface area contributed by atoms with Gasteiger partial charge < -0.3 is 20.2 Å². The highest BCUT2D eigenvalue weighted by Crippen LogP contribution is 2.36. The topological polar surface area (TPSA) is 98.7 Å². The first-order valence-corrected chi connectivity index (χ1v) is 12.4. The molecule has 2 saturated heterocycles. The van der Waals surface area contributed by atoms with E-state index < -0.39 is 6.10 Å². The molecule has 2 atom stereocenters. The number of aromatic nitrogens is 2. The third kappa shape index (κ3) is 5.04. The molecule has 2 aromatic heterocycles. The Kier molecular flexibility index (Phi) is 6.46. The maximum Gasteiger partial charge on any atom is 0.282 e. The van der Waals surface area contributed by atoms with Crippen LogP contribution >= 0.6 is 11.3 Å². The van der Waals surface area contributed by atoms with Crippen molar-refractivity contribution in [3.63, 3.8) is 0 Å². The summed E-state index contributed by atoms with van der Waals surface area (Å²) in [5, 5.41) is 13.5. The molecule has 2 N–H and O–H groups in total. The van der Waals surface area contributed by atoms with Crippen LogP contribution in [0.4, 0.5) is 5.82 Å². The number of rotatable bonds is 4. The second kappa shape index (κ2) is 9.02. The molecule has 4 heterocycles. The SMILES string of the molecule is Cc1cc(NC(C)(C)C)ncc1-c1sc(C(=O)N2CC[C@H](O)C2)nc1C(=O)N1CCC[C@@H]1C. The van der Waals surface area contributed by atoms with Crippen LogP contribution in [0.1, 0.15) is 72.8 Å². The zero-order valence-corrected chi connectivity index (χ0v) is 20.8. The van der Waals surface area contributed by atoms with E-state index in [1.165, 1.54) is 11.3 Å². The van der Waals surface area contributed by atoms with Gasteiger partial charge in [-0.2, -0.15) is 0 Å². The Bertz CT molecular complexity index is 1060. The van der Waals surface area contributed by atoms with E-state index >= 15 is 0 Å². The summed E-state index contributed by atoms with van der Waals surface area (Å²) in [5.41, 5.74) is 1.96. The maximum absolute atomic E-state index is 13.5. The van der Waals surface area contributed by atoms with Crippen molar-refractivity contribution in [1.82, 2.24) is 19.8 Å². The molecule has 0 unspecified atom stereocenters. The molecule has 2 fully saturated rings. The van der Waals surface area contributed by atoms with Gasteiger partial charge in [-0.1, -0.05) is 0 Å². The molecule has 2 amide bonds. The smallest absolute Gasteiger partial charge is 0.282 e. The number of nitrogens with zero attached hydrogens (tertiary/aromatic N) is 4. The summed E-state index contributed by atoms with van der Waals surface area (Å²) in [6, 6.07) is 2.11. The van der Waals surface area contributed by atoms with E-state index in [1.54, 1.807) is 11.1 Å². The highest BCUT2D eigenvalue weighted by atomic mass is 32.1. The number of carbonyl (C=O) groups excluding carboxylic acids is 2. The fourth-order valence-corrected chi connectivity index (χ4v) is 5.52. The molecule has 33 heavy (non-hydrogen) atoms. The van der Waals surface area contributed by atoms with Gasteiger partial charge in [0.05, 0.1) is 11.0 Å². The van der Waals surface area contributed by atoms with Gasteiger partial charge >= 0.3 is 0 Å². The molecule has 0 spiro atoms. The van der Waals surface area contributed by atoms with Crippen molar-refractivity contribution in [1.29, 1.82) is 0 Å².